The molecular formula is C19H26N2O2. The number of rotatable bonds is 4. The van der Waals surface area contributed by atoms with Crippen LogP contribution in [0.3, 0.4) is 0 Å². The van der Waals surface area contributed by atoms with Gasteiger partial charge < -0.3 is 15.4 Å². The Labute approximate surface area is 139 Å². The van der Waals surface area contributed by atoms with Crippen LogP contribution >= 0.6 is 0 Å². The summed E-state index contributed by atoms with van der Waals surface area (Å²) in [7, 11) is 0. The molecule has 1 aliphatic carbocycles. The summed E-state index contributed by atoms with van der Waals surface area (Å²) in [5.41, 5.74) is 1.44. The van der Waals surface area contributed by atoms with Gasteiger partial charge in [0, 0.05) is 23.8 Å². The van der Waals surface area contributed by atoms with Crippen LogP contribution in [0.5, 0.6) is 0 Å². The Kier molecular flexibility index (Phi) is 5.54. The highest BCUT2D eigenvalue weighted by atomic mass is 16.6. The van der Waals surface area contributed by atoms with E-state index in [9.17, 15) is 4.79 Å². The molecule has 1 saturated carbocycles. The van der Waals surface area contributed by atoms with Crippen LogP contribution < -0.4 is 10.6 Å². The maximum Gasteiger partial charge on any atom is 0.407 e. The highest BCUT2D eigenvalue weighted by Gasteiger charge is 2.28. The van der Waals surface area contributed by atoms with Crippen molar-refractivity contribution in [3.63, 3.8) is 0 Å². The number of terminal acetylenes is 1. The quantitative estimate of drug-likeness (QED) is 0.832. The van der Waals surface area contributed by atoms with Crippen LogP contribution in [0.25, 0.3) is 0 Å². The van der Waals surface area contributed by atoms with Crippen LogP contribution in [0, 0.1) is 18.3 Å². The van der Waals surface area contributed by atoms with Crippen molar-refractivity contribution in [2.75, 3.05) is 11.9 Å². The second-order valence-electron chi connectivity index (χ2n) is 7.05. The average Bonchev–Trinajstić information content (AvgIpc) is 2.91. The number of hydrogen-bond donors (Lipinski definition) is 2. The van der Waals surface area contributed by atoms with E-state index in [0.29, 0.717) is 18.5 Å². The second kappa shape index (κ2) is 7.41. The molecule has 2 N–H and O–H groups in total. The van der Waals surface area contributed by atoms with Crippen LogP contribution in [0.4, 0.5) is 10.5 Å². The minimum atomic E-state index is -0.465. The van der Waals surface area contributed by atoms with Gasteiger partial charge in [-0.3, -0.25) is 0 Å². The van der Waals surface area contributed by atoms with Gasteiger partial charge in [-0.25, -0.2) is 4.79 Å². The number of alkyl carbamates (subject to hydrolysis) is 1. The van der Waals surface area contributed by atoms with Gasteiger partial charge in [0.05, 0.1) is 0 Å². The average molecular weight is 314 g/mol. The summed E-state index contributed by atoms with van der Waals surface area (Å²) in [6.45, 7) is 6.22. The lowest BCUT2D eigenvalue weighted by Crippen LogP contribution is -2.38. The number of nitrogens with one attached hydrogen (secondary N) is 2. The zero-order chi connectivity index (χ0) is 16.9. The lowest BCUT2D eigenvalue weighted by Gasteiger charge is -2.24. The molecule has 1 aromatic rings. The molecule has 0 radical (unpaired) electrons. The summed E-state index contributed by atoms with van der Waals surface area (Å²) in [6, 6.07) is 8.23. The van der Waals surface area contributed by atoms with Crippen molar-refractivity contribution in [1.82, 2.24) is 5.32 Å². The van der Waals surface area contributed by atoms with Gasteiger partial charge in [0.2, 0.25) is 0 Å². The third kappa shape index (κ3) is 5.52. The lowest BCUT2D eigenvalue weighted by atomic mass is 10.0. The summed E-state index contributed by atoms with van der Waals surface area (Å²) in [6.07, 6.45) is 8.45. The standard InChI is InChI=1S/C19H26N2O2/c1-5-14-8-6-10-16(12-14)21-17-11-7-9-15(17)13-20-18(22)23-19(2,3)4/h1,6,8,10,12,15,17,21H,7,9,11,13H2,2-4H3,(H,20,22). The lowest BCUT2D eigenvalue weighted by molar-refractivity contribution is 0.0519. The first kappa shape index (κ1) is 17.2. The van der Waals surface area contributed by atoms with Crippen molar-refractivity contribution in [2.24, 2.45) is 5.92 Å². The maximum absolute atomic E-state index is 11.8. The molecular weight excluding hydrogens is 288 g/mol. The molecule has 4 nitrogen and oxygen atoms in total. The maximum atomic E-state index is 11.8. The van der Waals surface area contributed by atoms with E-state index < -0.39 is 5.60 Å². The van der Waals surface area contributed by atoms with Gasteiger partial charge in [-0.05, 0) is 57.7 Å². The Balaban J connectivity index is 1.88. The highest BCUT2D eigenvalue weighted by molar-refractivity contribution is 5.67. The Hall–Kier alpha value is -2.15. The minimum absolute atomic E-state index is 0.345. The number of ether oxygens (including phenoxy) is 1. The zero-order valence-corrected chi connectivity index (χ0v) is 14.2. The van der Waals surface area contributed by atoms with E-state index in [1.54, 1.807) is 0 Å². The second-order valence-corrected chi connectivity index (χ2v) is 7.05. The van der Waals surface area contributed by atoms with Gasteiger partial charge in [-0.1, -0.05) is 18.4 Å². The van der Waals surface area contributed by atoms with Crippen LogP contribution in [0.15, 0.2) is 24.3 Å². The fourth-order valence-corrected chi connectivity index (χ4v) is 2.91. The van der Waals surface area contributed by atoms with Gasteiger partial charge in [0.25, 0.3) is 0 Å². The molecule has 0 spiro atoms. The van der Waals surface area contributed by atoms with Gasteiger partial charge >= 0.3 is 6.09 Å². The van der Waals surface area contributed by atoms with Crippen LogP contribution in [-0.2, 0) is 4.74 Å². The third-order valence-electron chi connectivity index (χ3n) is 3.95. The molecule has 0 saturated heterocycles. The summed E-state index contributed by atoms with van der Waals surface area (Å²) >= 11 is 0. The van der Waals surface area contributed by atoms with Crippen molar-refractivity contribution in [2.45, 2.75) is 51.7 Å². The van der Waals surface area contributed by atoms with Crippen molar-refractivity contribution in [1.29, 1.82) is 0 Å². The van der Waals surface area contributed by atoms with E-state index in [-0.39, 0.29) is 6.09 Å². The summed E-state index contributed by atoms with van der Waals surface area (Å²) in [5, 5.41) is 6.44. The van der Waals surface area contributed by atoms with E-state index in [0.717, 1.165) is 30.5 Å². The third-order valence-corrected chi connectivity index (χ3v) is 3.95. The number of carbonyl (C=O) groups excluding carboxylic acids is 1. The van der Waals surface area contributed by atoms with Gasteiger partial charge in [-0.15, -0.1) is 6.42 Å². The molecule has 0 aliphatic heterocycles. The Morgan fingerprint density at radius 2 is 2.17 bits per heavy atom. The largest absolute Gasteiger partial charge is 0.444 e. The fourth-order valence-electron chi connectivity index (χ4n) is 2.91. The predicted octanol–water partition coefficient (Wildman–Crippen LogP) is 3.77. The van der Waals surface area contributed by atoms with Crippen LogP contribution in [-0.4, -0.2) is 24.3 Å². The van der Waals surface area contributed by atoms with E-state index >= 15 is 0 Å². The Morgan fingerprint density at radius 3 is 2.87 bits per heavy atom. The first-order chi connectivity index (χ1) is 10.9. The molecule has 1 amide bonds. The Morgan fingerprint density at radius 1 is 1.39 bits per heavy atom. The monoisotopic (exact) mass is 314 g/mol. The molecule has 0 bridgehead atoms. The minimum Gasteiger partial charge on any atom is -0.444 e. The van der Waals surface area contributed by atoms with Crippen molar-refractivity contribution >= 4 is 11.8 Å². The topological polar surface area (TPSA) is 50.4 Å². The Bertz CT molecular complexity index is 584. The number of anilines is 1. The molecule has 124 valence electrons. The first-order valence-electron chi connectivity index (χ1n) is 8.17. The zero-order valence-electron chi connectivity index (χ0n) is 14.2. The molecule has 2 rings (SSSR count). The number of benzene rings is 1. The molecule has 2 unspecified atom stereocenters. The van der Waals surface area contributed by atoms with E-state index in [2.05, 4.69) is 16.6 Å². The number of hydrogen-bond acceptors (Lipinski definition) is 3. The normalized spacial score (nSPS) is 20.6. The van der Waals surface area contributed by atoms with Crippen molar-refractivity contribution < 1.29 is 9.53 Å². The molecule has 4 heteroatoms. The SMILES string of the molecule is C#Cc1cccc(NC2CCCC2CNC(=O)OC(C)(C)C)c1. The molecule has 1 fully saturated rings. The highest BCUT2D eigenvalue weighted by Crippen LogP contribution is 2.28. The molecule has 2 atom stereocenters. The fraction of sp³-hybridized carbons (Fsp3) is 0.526. The van der Waals surface area contributed by atoms with Gasteiger partial charge in [-0.2, -0.15) is 0 Å². The van der Waals surface area contributed by atoms with Crippen LogP contribution in [0.2, 0.25) is 0 Å². The first-order valence-corrected chi connectivity index (χ1v) is 8.17. The molecule has 0 aromatic heterocycles. The molecule has 1 aromatic carbocycles. The van der Waals surface area contributed by atoms with E-state index in [4.69, 9.17) is 11.2 Å². The summed E-state index contributed by atoms with van der Waals surface area (Å²) < 4.78 is 5.29. The molecule has 23 heavy (non-hydrogen) atoms. The van der Waals surface area contributed by atoms with E-state index in [1.165, 1.54) is 0 Å². The predicted molar refractivity (Wildman–Crippen MR) is 93.4 cm³/mol. The molecule has 1 aliphatic rings. The molecule has 0 heterocycles. The van der Waals surface area contributed by atoms with Gasteiger partial charge in [0.1, 0.15) is 5.60 Å². The number of carbonyl (C=O) groups is 1. The van der Waals surface area contributed by atoms with Crippen LogP contribution in [0.1, 0.15) is 45.6 Å². The summed E-state index contributed by atoms with van der Waals surface area (Å²) in [4.78, 5) is 11.8. The van der Waals surface area contributed by atoms with Gasteiger partial charge in [0.15, 0.2) is 0 Å². The van der Waals surface area contributed by atoms with Crippen molar-refractivity contribution in [3.05, 3.63) is 29.8 Å². The smallest absolute Gasteiger partial charge is 0.407 e. The van der Waals surface area contributed by atoms with E-state index in [1.807, 2.05) is 45.0 Å². The summed E-state index contributed by atoms with van der Waals surface area (Å²) in [5.74, 6) is 3.05. The number of amides is 1. The van der Waals surface area contributed by atoms with Crippen molar-refractivity contribution in [3.8, 4) is 12.3 Å².